The van der Waals surface area contributed by atoms with Gasteiger partial charge in [0.2, 0.25) is 0 Å². The third kappa shape index (κ3) is 4.67. The van der Waals surface area contributed by atoms with E-state index in [1.807, 2.05) is 18.2 Å². The zero-order chi connectivity index (χ0) is 13.2. The van der Waals surface area contributed by atoms with Crippen molar-refractivity contribution < 1.29 is 4.74 Å². The highest BCUT2D eigenvalue weighted by Crippen LogP contribution is 2.28. The van der Waals surface area contributed by atoms with Gasteiger partial charge in [-0.3, -0.25) is 11.3 Å². The third-order valence-corrected chi connectivity index (χ3v) is 3.05. The van der Waals surface area contributed by atoms with Crippen molar-refractivity contribution >= 4 is 0 Å². The molecule has 0 aromatic heterocycles. The Hall–Kier alpha value is -1.06. The van der Waals surface area contributed by atoms with Gasteiger partial charge in [0, 0.05) is 11.6 Å². The van der Waals surface area contributed by atoms with E-state index in [1.165, 1.54) is 24.8 Å². The SMILES string of the molecule is CCCCCC(NN)c1ccccc1OCCC. The molecular weight excluding hydrogens is 224 g/mol. The molecular formula is C15H26N2O. The van der Waals surface area contributed by atoms with Gasteiger partial charge < -0.3 is 4.74 Å². The second-order valence-corrected chi connectivity index (χ2v) is 4.60. The van der Waals surface area contributed by atoms with Crippen LogP contribution < -0.4 is 16.0 Å². The molecule has 3 nitrogen and oxygen atoms in total. The van der Waals surface area contributed by atoms with Crippen LogP contribution in [0, 0.1) is 0 Å². The average Bonchev–Trinajstić information content (AvgIpc) is 2.42. The lowest BCUT2D eigenvalue weighted by Crippen LogP contribution is -2.28. The van der Waals surface area contributed by atoms with E-state index in [4.69, 9.17) is 10.6 Å². The molecule has 0 heterocycles. The molecule has 1 aromatic carbocycles. The Kier molecular flexibility index (Phi) is 7.46. The molecule has 1 atom stereocenters. The van der Waals surface area contributed by atoms with Crippen LogP contribution in [-0.4, -0.2) is 6.61 Å². The topological polar surface area (TPSA) is 47.3 Å². The summed E-state index contributed by atoms with van der Waals surface area (Å²) in [5, 5.41) is 0. The highest BCUT2D eigenvalue weighted by Gasteiger charge is 2.13. The normalized spacial score (nSPS) is 12.4. The van der Waals surface area contributed by atoms with Crippen LogP contribution in [0.4, 0.5) is 0 Å². The van der Waals surface area contributed by atoms with Crippen molar-refractivity contribution in [2.75, 3.05) is 6.61 Å². The fourth-order valence-electron chi connectivity index (χ4n) is 2.04. The Morgan fingerprint density at radius 3 is 2.61 bits per heavy atom. The summed E-state index contributed by atoms with van der Waals surface area (Å²) < 4.78 is 5.78. The van der Waals surface area contributed by atoms with Gasteiger partial charge in [-0.15, -0.1) is 0 Å². The van der Waals surface area contributed by atoms with Gasteiger partial charge in [-0.1, -0.05) is 51.3 Å². The fraction of sp³-hybridized carbons (Fsp3) is 0.600. The van der Waals surface area contributed by atoms with Crippen molar-refractivity contribution in [2.24, 2.45) is 5.84 Å². The number of para-hydroxylation sites is 1. The summed E-state index contributed by atoms with van der Waals surface area (Å²) in [6, 6.07) is 8.35. The number of benzene rings is 1. The number of nitrogens with two attached hydrogens (primary N) is 1. The summed E-state index contributed by atoms with van der Waals surface area (Å²) in [5.41, 5.74) is 4.08. The molecule has 3 N–H and O–H groups in total. The van der Waals surface area contributed by atoms with Crippen molar-refractivity contribution in [3.8, 4) is 5.75 Å². The Balaban J connectivity index is 2.70. The molecule has 0 spiro atoms. The van der Waals surface area contributed by atoms with Crippen LogP contribution in [0.2, 0.25) is 0 Å². The number of nitrogens with one attached hydrogen (secondary N) is 1. The number of rotatable bonds is 9. The molecule has 0 amide bonds. The van der Waals surface area contributed by atoms with Crippen LogP contribution in [0.25, 0.3) is 0 Å². The van der Waals surface area contributed by atoms with E-state index in [0.717, 1.165) is 25.2 Å². The van der Waals surface area contributed by atoms with Crippen molar-refractivity contribution in [3.63, 3.8) is 0 Å². The highest BCUT2D eigenvalue weighted by molar-refractivity contribution is 5.35. The molecule has 3 heteroatoms. The number of unbranched alkanes of at least 4 members (excludes halogenated alkanes) is 2. The maximum absolute atomic E-state index is 5.78. The summed E-state index contributed by atoms with van der Waals surface area (Å²) in [7, 11) is 0. The highest BCUT2D eigenvalue weighted by atomic mass is 16.5. The van der Waals surface area contributed by atoms with Crippen LogP contribution in [0.3, 0.4) is 0 Å². The lowest BCUT2D eigenvalue weighted by Gasteiger charge is -2.19. The van der Waals surface area contributed by atoms with Crippen LogP contribution in [0.1, 0.15) is 57.6 Å². The third-order valence-electron chi connectivity index (χ3n) is 3.05. The summed E-state index contributed by atoms with van der Waals surface area (Å²) >= 11 is 0. The standard InChI is InChI=1S/C15H26N2O/c1-3-5-6-10-14(17-16)13-9-7-8-11-15(13)18-12-4-2/h7-9,11,14,17H,3-6,10,12,16H2,1-2H3. The van der Waals surface area contributed by atoms with Gasteiger partial charge in [-0.05, 0) is 18.9 Å². The van der Waals surface area contributed by atoms with E-state index in [-0.39, 0.29) is 6.04 Å². The van der Waals surface area contributed by atoms with Crippen molar-refractivity contribution in [3.05, 3.63) is 29.8 Å². The van der Waals surface area contributed by atoms with E-state index in [9.17, 15) is 0 Å². The van der Waals surface area contributed by atoms with Gasteiger partial charge in [0.25, 0.3) is 0 Å². The van der Waals surface area contributed by atoms with Crippen molar-refractivity contribution in [2.45, 2.75) is 52.0 Å². The predicted octanol–water partition coefficient (Wildman–Crippen LogP) is 3.56. The summed E-state index contributed by atoms with van der Waals surface area (Å²) in [6.07, 6.45) is 5.73. The first-order chi connectivity index (χ1) is 8.83. The molecule has 0 fully saturated rings. The second-order valence-electron chi connectivity index (χ2n) is 4.60. The Morgan fingerprint density at radius 1 is 1.17 bits per heavy atom. The van der Waals surface area contributed by atoms with Crippen molar-refractivity contribution in [1.29, 1.82) is 0 Å². The molecule has 0 aliphatic heterocycles. The molecule has 1 aromatic rings. The Bertz CT molecular complexity index is 328. The first kappa shape index (κ1) is 15.0. The Morgan fingerprint density at radius 2 is 1.94 bits per heavy atom. The van der Waals surface area contributed by atoms with Crippen LogP contribution in [0.15, 0.2) is 24.3 Å². The van der Waals surface area contributed by atoms with Gasteiger partial charge >= 0.3 is 0 Å². The summed E-state index contributed by atoms with van der Waals surface area (Å²) in [6.45, 7) is 5.08. The van der Waals surface area contributed by atoms with Gasteiger partial charge in [-0.25, -0.2) is 0 Å². The molecule has 0 aliphatic rings. The number of hydrogen-bond acceptors (Lipinski definition) is 3. The van der Waals surface area contributed by atoms with Crippen molar-refractivity contribution in [1.82, 2.24) is 5.43 Å². The maximum atomic E-state index is 5.78. The van der Waals surface area contributed by atoms with Gasteiger partial charge in [0.05, 0.1) is 6.61 Å². The number of hydrogen-bond donors (Lipinski definition) is 2. The largest absolute Gasteiger partial charge is 0.493 e. The molecule has 0 radical (unpaired) electrons. The van der Waals surface area contributed by atoms with E-state index >= 15 is 0 Å². The van der Waals surface area contributed by atoms with Crippen LogP contribution in [-0.2, 0) is 0 Å². The van der Waals surface area contributed by atoms with Gasteiger partial charge in [0.1, 0.15) is 5.75 Å². The fourth-order valence-corrected chi connectivity index (χ4v) is 2.04. The minimum Gasteiger partial charge on any atom is -0.493 e. The number of ether oxygens (including phenoxy) is 1. The van der Waals surface area contributed by atoms with E-state index in [2.05, 4.69) is 25.3 Å². The quantitative estimate of drug-likeness (QED) is 0.400. The van der Waals surface area contributed by atoms with Crippen LogP contribution in [0.5, 0.6) is 5.75 Å². The Labute approximate surface area is 111 Å². The van der Waals surface area contributed by atoms with Gasteiger partial charge in [-0.2, -0.15) is 0 Å². The first-order valence-electron chi connectivity index (χ1n) is 7.01. The van der Waals surface area contributed by atoms with E-state index in [0.29, 0.717) is 0 Å². The molecule has 1 unspecified atom stereocenters. The van der Waals surface area contributed by atoms with E-state index in [1.54, 1.807) is 0 Å². The summed E-state index contributed by atoms with van der Waals surface area (Å²) in [4.78, 5) is 0. The average molecular weight is 250 g/mol. The second kappa shape index (κ2) is 8.95. The minimum absolute atomic E-state index is 0.185. The molecule has 0 bridgehead atoms. The number of hydrazine groups is 1. The molecule has 102 valence electrons. The lowest BCUT2D eigenvalue weighted by molar-refractivity contribution is 0.308. The van der Waals surface area contributed by atoms with Gasteiger partial charge in [0.15, 0.2) is 0 Å². The zero-order valence-corrected chi connectivity index (χ0v) is 11.6. The molecule has 0 saturated heterocycles. The summed E-state index contributed by atoms with van der Waals surface area (Å²) in [5.74, 6) is 6.64. The monoisotopic (exact) mass is 250 g/mol. The molecule has 18 heavy (non-hydrogen) atoms. The predicted molar refractivity (Wildman–Crippen MR) is 76.4 cm³/mol. The lowest BCUT2D eigenvalue weighted by atomic mass is 10.00. The molecule has 1 rings (SSSR count). The first-order valence-corrected chi connectivity index (χ1v) is 7.01. The van der Waals surface area contributed by atoms with Crippen LogP contribution >= 0.6 is 0 Å². The maximum Gasteiger partial charge on any atom is 0.124 e. The van der Waals surface area contributed by atoms with E-state index < -0.39 is 0 Å². The zero-order valence-electron chi connectivity index (χ0n) is 11.6. The smallest absolute Gasteiger partial charge is 0.124 e. The molecule has 0 aliphatic carbocycles. The minimum atomic E-state index is 0.185. The molecule has 0 saturated carbocycles.